The predicted molar refractivity (Wildman–Crippen MR) is 106 cm³/mol. The van der Waals surface area contributed by atoms with Crippen LogP contribution in [0.15, 0.2) is 59.0 Å². The molecule has 4 aromatic rings. The number of rotatable bonds is 3. The number of carbonyl (C=O) groups excluding carboxylic acids is 1. The van der Waals surface area contributed by atoms with Crippen molar-refractivity contribution in [2.75, 3.05) is 0 Å². The second-order valence-electron chi connectivity index (χ2n) is 6.14. The van der Waals surface area contributed by atoms with E-state index in [-0.39, 0.29) is 5.91 Å². The van der Waals surface area contributed by atoms with E-state index in [9.17, 15) is 4.79 Å². The van der Waals surface area contributed by atoms with E-state index in [1.807, 2.05) is 43.3 Å². The van der Waals surface area contributed by atoms with Crippen molar-refractivity contribution in [1.29, 1.82) is 0 Å². The molecule has 0 radical (unpaired) electrons. The molecule has 0 aliphatic rings. The van der Waals surface area contributed by atoms with Gasteiger partial charge in [-0.25, -0.2) is 0 Å². The second kappa shape index (κ2) is 6.67. The summed E-state index contributed by atoms with van der Waals surface area (Å²) >= 11 is 12.1. The third-order valence-electron chi connectivity index (χ3n) is 4.49. The molecule has 0 fully saturated rings. The summed E-state index contributed by atoms with van der Waals surface area (Å²) < 4.78 is 5.95. The van der Waals surface area contributed by atoms with Gasteiger partial charge in [-0.3, -0.25) is 4.79 Å². The molecule has 0 aliphatic heterocycles. The molecule has 3 aromatic carbocycles. The van der Waals surface area contributed by atoms with Crippen molar-refractivity contribution in [1.82, 2.24) is 5.32 Å². The van der Waals surface area contributed by atoms with Gasteiger partial charge in [0.15, 0.2) is 5.76 Å². The summed E-state index contributed by atoms with van der Waals surface area (Å²) in [6, 6.07) is 17.2. The summed E-state index contributed by atoms with van der Waals surface area (Å²) in [4.78, 5) is 12.6. The number of amides is 1. The zero-order chi connectivity index (χ0) is 18.3. The van der Waals surface area contributed by atoms with Crippen LogP contribution in [0.3, 0.4) is 0 Å². The summed E-state index contributed by atoms with van der Waals surface area (Å²) in [5.41, 5.74) is 2.35. The highest BCUT2D eigenvalue weighted by atomic mass is 35.5. The van der Waals surface area contributed by atoms with Crippen LogP contribution in [0.4, 0.5) is 0 Å². The van der Waals surface area contributed by atoms with Crippen molar-refractivity contribution in [3.05, 3.63) is 81.5 Å². The first-order valence-corrected chi connectivity index (χ1v) is 8.93. The van der Waals surface area contributed by atoms with Gasteiger partial charge < -0.3 is 9.73 Å². The highest BCUT2D eigenvalue weighted by Gasteiger charge is 2.19. The zero-order valence-corrected chi connectivity index (χ0v) is 15.5. The van der Waals surface area contributed by atoms with Crippen LogP contribution in [0, 0.1) is 6.92 Å². The Morgan fingerprint density at radius 2 is 1.85 bits per heavy atom. The van der Waals surface area contributed by atoms with Crippen molar-refractivity contribution < 1.29 is 9.21 Å². The molecule has 0 spiro atoms. The fraction of sp³-hybridized carbons (Fsp3) is 0.0952. The summed E-state index contributed by atoms with van der Waals surface area (Å²) in [6.07, 6.45) is 0. The maximum atomic E-state index is 12.6. The van der Waals surface area contributed by atoms with Crippen LogP contribution in [0.25, 0.3) is 21.7 Å². The van der Waals surface area contributed by atoms with E-state index in [0.29, 0.717) is 22.4 Å². The third-order valence-corrected chi connectivity index (χ3v) is 5.08. The molecular formula is C21H15Cl2NO2. The van der Waals surface area contributed by atoms with E-state index in [2.05, 4.69) is 5.32 Å². The second-order valence-corrected chi connectivity index (χ2v) is 6.98. The van der Waals surface area contributed by atoms with E-state index in [4.69, 9.17) is 27.6 Å². The Morgan fingerprint density at radius 1 is 1.04 bits per heavy atom. The van der Waals surface area contributed by atoms with Crippen molar-refractivity contribution >= 4 is 50.9 Å². The highest BCUT2D eigenvalue weighted by molar-refractivity contribution is 6.35. The molecule has 0 saturated heterocycles. The van der Waals surface area contributed by atoms with Crippen molar-refractivity contribution in [2.24, 2.45) is 0 Å². The quantitative estimate of drug-likeness (QED) is 0.462. The lowest BCUT2D eigenvalue weighted by molar-refractivity contribution is 0.0924. The summed E-state index contributed by atoms with van der Waals surface area (Å²) in [6.45, 7) is 2.19. The van der Waals surface area contributed by atoms with E-state index >= 15 is 0 Å². The van der Waals surface area contributed by atoms with Gasteiger partial charge >= 0.3 is 0 Å². The normalized spacial score (nSPS) is 11.2. The minimum atomic E-state index is -0.270. The smallest absolute Gasteiger partial charge is 0.287 e. The van der Waals surface area contributed by atoms with Crippen molar-refractivity contribution in [2.45, 2.75) is 13.5 Å². The Morgan fingerprint density at radius 3 is 2.65 bits per heavy atom. The SMILES string of the molecule is Cc1c(C(=O)NCc2ccc(Cl)cc2Cl)oc2c1ccc1ccccc12. The Kier molecular flexibility index (Phi) is 4.35. The van der Waals surface area contributed by atoms with Crippen LogP contribution >= 0.6 is 23.2 Å². The summed E-state index contributed by atoms with van der Waals surface area (Å²) in [7, 11) is 0. The van der Waals surface area contributed by atoms with E-state index in [0.717, 1.165) is 32.9 Å². The molecule has 4 rings (SSSR count). The fourth-order valence-corrected chi connectivity index (χ4v) is 3.56. The predicted octanol–water partition coefficient (Wildman–Crippen LogP) is 6.13. The molecule has 26 heavy (non-hydrogen) atoms. The largest absolute Gasteiger partial charge is 0.450 e. The number of hydrogen-bond donors (Lipinski definition) is 1. The minimum Gasteiger partial charge on any atom is -0.450 e. The van der Waals surface area contributed by atoms with Gasteiger partial charge in [0.2, 0.25) is 0 Å². The molecule has 130 valence electrons. The molecule has 0 aliphatic carbocycles. The molecular weight excluding hydrogens is 369 g/mol. The maximum absolute atomic E-state index is 12.6. The van der Waals surface area contributed by atoms with E-state index in [1.165, 1.54) is 0 Å². The van der Waals surface area contributed by atoms with Gasteiger partial charge in [-0.2, -0.15) is 0 Å². The first-order valence-electron chi connectivity index (χ1n) is 8.17. The monoisotopic (exact) mass is 383 g/mol. The molecule has 1 aromatic heterocycles. The number of furan rings is 1. The number of nitrogens with one attached hydrogen (secondary N) is 1. The highest BCUT2D eigenvalue weighted by Crippen LogP contribution is 2.31. The van der Waals surface area contributed by atoms with E-state index in [1.54, 1.807) is 18.2 Å². The molecule has 0 saturated carbocycles. The van der Waals surface area contributed by atoms with Gasteiger partial charge in [0.1, 0.15) is 5.58 Å². The Balaban J connectivity index is 1.66. The van der Waals surface area contributed by atoms with E-state index < -0.39 is 0 Å². The van der Waals surface area contributed by atoms with Crippen LogP contribution in [0.1, 0.15) is 21.7 Å². The standard InChI is InChI=1S/C21H15Cl2NO2/c1-12-16-9-7-13-4-2-3-5-17(13)20(16)26-19(12)21(25)24-11-14-6-8-15(22)10-18(14)23/h2-10H,11H2,1H3,(H,24,25). The molecule has 1 heterocycles. The van der Waals surface area contributed by atoms with Crippen LogP contribution in [-0.4, -0.2) is 5.91 Å². The third kappa shape index (κ3) is 2.94. The van der Waals surface area contributed by atoms with Gasteiger partial charge in [0, 0.05) is 32.9 Å². The molecule has 3 nitrogen and oxygen atoms in total. The molecule has 5 heteroatoms. The fourth-order valence-electron chi connectivity index (χ4n) is 3.09. The molecule has 0 bridgehead atoms. The maximum Gasteiger partial charge on any atom is 0.287 e. The number of carbonyl (C=O) groups is 1. The van der Waals surface area contributed by atoms with Crippen LogP contribution in [0.2, 0.25) is 10.0 Å². The number of aryl methyl sites for hydroxylation is 1. The van der Waals surface area contributed by atoms with Crippen LogP contribution in [0.5, 0.6) is 0 Å². The molecule has 1 N–H and O–H groups in total. The Bertz CT molecular complexity index is 1150. The van der Waals surface area contributed by atoms with Crippen molar-refractivity contribution in [3.63, 3.8) is 0 Å². The van der Waals surface area contributed by atoms with Crippen LogP contribution < -0.4 is 5.32 Å². The van der Waals surface area contributed by atoms with Gasteiger partial charge in [0.25, 0.3) is 5.91 Å². The number of hydrogen-bond acceptors (Lipinski definition) is 2. The lowest BCUT2D eigenvalue weighted by Gasteiger charge is -2.06. The minimum absolute atomic E-state index is 0.270. The number of fused-ring (bicyclic) bond motifs is 3. The summed E-state index contributed by atoms with van der Waals surface area (Å²) in [5.74, 6) is 0.0511. The Labute approximate surface area is 160 Å². The number of benzene rings is 3. The lowest BCUT2D eigenvalue weighted by Crippen LogP contribution is -2.23. The first kappa shape index (κ1) is 17.0. The average molecular weight is 384 g/mol. The van der Waals surface area contributed by atoms with Crippen molar-refractivity contribution in [3.8, 4) is 0 Å². The molecule has 0 unspecified atom stereocenters. The summed E-state index contributed by atoms with van der Waals surface area (Å²) in [5, 5.41) is 6.96. The van der Waals surface area contributed by atoms with Gasteiger partial charge in [-0.1, -0.05) is 65.7 Å². The molecule has 1 amide bonds. The van der Waals surface area contributed by atoms with Gasteiger partial charge in [-0.15, -0.1) is 0 Å². The zero-order valence-electron chi connectivity index (χ0n) is 14.0. The first-order chi connectivity index (χ1) is 12.5. The number of halogens is 2. The Hall–Kier alpha value is -2.49. The van der Waals surface area contributed by atoms with Gasteiger partial charge in [-0.05, 0) is 30.0 Å². The van der Waals surface area contributed by atoms with Crippen LogP contribution in [-0.2, 0) is 6.54 Å². The van der Waals surface area contributed by atoms with Gasteiger partial charge in [0.05, 0.1) is 0 Å². The molecule has 0 atom stereocenters. The average Bonchev–Trinajstić information content (AvgIpc) is 2.98. The lowest BCUT2D eigenvalue weighted by atomic mass is 10.1. The topological polar surface area (TPSA) is 42.2 Å².